The minimum absolute atomic E-state index is 0.319. The van der Waals surface area contributed by atoms with Gasteiger partial charge in [0.05, 0.1) is 0 Å². The van der Waals surface area contributed by atoms with E-state index in [4.69, 9.17) is 9.68 Å². The Labute approximate surface area is 119 Å². The third-order valence-corrected chi connectivity index (χ3v) is 3.07. The van der Waals surface area contributed by atoms with Gasteiger partial charge in [0.2, 0.25) is 17.5 Å². The van der Waals surface area contributed by atoms with E-state index in [0.29, 0.717) is 17.5 Å². The SMILES string of the molecule is CCCCCCNc1oc(-c2ccccc2)nc1C#N. The molecule has 104 valence electrons. The Morgan fingerprint density at radius 1 is 1.20 bits per heavy atom. The van der Waals surface area contributed by atoms with Crippen molar-refractivity contribution in [2.75, 3.05) is 11.9 Å². The standard InChI is InChI=1S/C16H19N3O/c1-2-3-4-8-11-18-16-14(12-17)19-15(20-16)13-9-6-5-7-10-13/h5-7,9-10,18H,2-4,8,11H2,1H3. The summed E-state index contributed by atoms with van der Waals surface area (Å²) in [6.45, 7) is 2.99. The molecule has 0 saturated heterocycles. The lowest BCUT2D eigenvalue weighted by atomic mass is 10.2. The fourth-order valence-corrected chi connectivity index (χ4v) is 1.97. The van der Waals surface area contributed by atoms with Gasteiger partial charge >= 0.3 is 0 Å². The van der Waals surface area contributed by atoms with Crippen molar-refractivity contribution in [1.29, 1.82) is 5.26 Å². The van der Waals surface area contributed by atoms with Crippen LogP contribution in [0.4, 0.5) is 5.88 Å². The van der Waals surface area contributed by atoms with Gasteiger partial charge in [0.15, 0.2) is 0 Å². The predicted octanol–water partition coefficient (Wildman–Crippen LogP) is 4.21. The van der Waals surface area contributed by atoms with Crippen LogP contribution in [0.1, 0.15) is 38.3 Å². The highest BCUT2D eigenvalue weighted by Crippen LogP contribution is 2.24. The zero-order chi connectivity index (χ0) is 14.2. The van der Waals surface area contributed by atoms with Gasteiger partial charge in [-0.3, -0.25) is 0 Å². The van der Waals surface area contributed by atoms with Gasteiger partial charge in [-0.05, 0) is 18.6 Å². The summed E-state index contributed by atoms with van der Waals surface area (Å²) >= 11 is 0. The van der Waals surface area contributed by atoms with Crippen molar-refractivity contribution in [2.24, 2.45) is 0 Å². The summed E-state index contributed by atoms with van der Waals surface area (Å²) in [5, 5.41) is 12.3. The summed E-state index contributed by atoms with van der Waals surface area (Å²) in [5.74, 6) is 0.959. The van der Waals surface area contributed by atoms with Crippen molar-refractivity contribution in [1.82, 2.24) is 4.98 Å². The summed E-state index contributed by atoms with van der Waals surface area (Å²) in [6, 6.07) is 11.7. The number of unbranched alkanes of at least 4 members (excludes halogenated alkanes) is 3. The molecule has 1 aromatic heterocycles. The number of hydrogen-bond donors (Lipinski definition) is 1. The van der Waals surface area contributed by atoms with E-state index >= 15 is 0 Å². The maximum atomic E-state index is 9.11. The molecule has 20 heavy (non-hydrogen) atoms. The Morgan fingerprint density at radius 3 is 2.70 bits per heavy atom. The number of nitrogens with zero attached hydrogens (tertiary/aromatic N) is 2. The Bertz CT molecular complexity index is 569. The lowest BCUT2D eigenvalue weighted by Crippen LogP contribution is -2.01. The monoisotopic (exact) mass is 269 g/mol. The third-order valence-electron chi connectivity index (χ3n) is 3.07. The van der Waals surface area contributed by atoms with E-state index in [1.807, 2.05) is 30.3 Å². The minimum Gasteiger partial charge on any atom is -0.419 e. The molecule has 0 unspecified atom stereocenters. The van der Waals surface area contributed by atoms with Crippen LogP contribution in [0.5, 0.6) is 0 Å². The first-order valence-electron chi connectivity index (χ1n) is 7.05. The van der Waals surface area contributed by atoms with Crippen molar-refractivity contribution < 1.29 is 4.42 Å². The van der Waals surface area contributed by atoms with Gasteiger partial charge in [0, 0.05) is 12.1 Å². The summed E-state index contributed by atoms with van der Waals surface area (Å²) in [5.41, 5.74) is 1.20. The first-order valence-corrected chi connectivity index (χ1v) is 7.05. The molecule has 1 N–H and O–H groups in total. The van der Waals surface area contributed by atoms with Crippen LogP contribution >= 0.6 is 0 Å². The van der Waals surface area contributed by atoms with Gasteiger partial charge in [0.1, 0.15) is 6.07 Å². The summed E-state index contributed by atoms with van der Waals surface area (Å²) < 4.78 is 5.65. The molecule has 0 aliphatic heterocycles. The molecule has 0 saturated carbocycles. The van der Waals surface area contributed by atoms with Crippen LogP contribution in [0.15, 0.2) is 34.7 Å². The predicted molar refractivity (Wildman–Crippen MR) is 79.3 cm³/mol. The molecule has 0 amide bonds. The second-order valence-corrected chi connectivity index (χ2v) is 4.66. The minimum atomic E-state index is 0.319. The second-order valence-electron chi connectivity index (χ2n) is 4.66. The average Bonchev–Trinajstić information content (AvgIpc) is 2.91. The highest BCUT2D eigenvalue weighted by atomic mass is 16.4. The molecular formula is C16H19N3O. The number of rotatable bonds is 7. The maximum absolute atomic E-state index is 9.11. The van der Waals surface area contributed by atoms with E-state index < -0.39 is 0 Å². The zero-order valence-corrected chi connectivity index (χ0v) is 11.7. The summed E-state index contributed by atoms with van der Waals surface area (Å²) in [7, 11) is 0. The first-order chi connectivity index (χ1) is 9.85. The number of nitriles is 1. The topological polar surface area (TPSA) is 61.9 Å². The van der Waals surface area contributed by atoms with Gasteiger partial charge in [-0.2, -0.15) is 10.2 Å². The Kier molecular flexibility index (Phi) is 5.19. The Balaban J connectivity index is 2.03. The molecule has 0 aliphatic rings. The van der Waals surface area contributed by atoms with E-state index in [9.17, 15) is 0 Å². The molecule has 0 fully saturated rings. The Hall–Kier alpha value is -2.28. The lowest BCUT2D eigenvalue weighted by molar-refractivity contribution is 0.580. The number of aromatic nitrogens is 1. The molecule has 0 atom stereocenters. The maximum Gasteiger partial charge on any atom is 0.232 e. The molecule has 1 heterocycles. The number of nitrogens with one attached hydrogen (secondary N) is 1. The fraction of sp³-hybridized carbons (Fsp3) is 0.375. The molecule has 1 aromatic carbocycles. The molecule has 2 rings (SSSR count). The smallest absolute Gasteiger partial charge is 0.232 e. The van der Waals surface area contributed by atoms with Crippen LogP contribution in [0.25, 0.3) is 11.5 Å². The quantitative estimate of drug-likeness (QED) is 0.765. The molecule has 0 radical (unpaired) electrons. The molecule has 4 heteroatoms. The van der Waals surface area contributed by atoms with Crippen LogP contribution in [-0.2, 0) is 0 Å². The molecule has 0 bridgehead atoms. The van der Waals surface area contributed by atoms with Gasteiger partial charge in [0.25, 0.3) is 0 Å². The molecule has 0 spiro atoms. The van der Waals surface area contributed by atoms with E-state index in [1.54, 1.807) is 0 Å². The molecule has 2 aromatic rings. The number of oxazole rings is 1. The normalized spacial score (nSPS) is 10.2. The van der Waals surface area contributed by atoms with Crippen molar-refractivity contribution in [3.63, 3.8) is 0 Å². The van der Waals surface area contributed by atoms with Gasteiger partial charge in [-0.15, -0.1) is 0 Å². The van der Waals surface area contributed by atoms with Crippen molar-refractivity contribution in [3.05, 3.63) is 36.0 Å². The van der Waals surface area contributed by atoms with Gasteiger partial charge in [-0.25, -0.2) is 0 Å². The molecular weight excluding hydrogens is 250 g/mol. The van der Waals surface area contributed by atoms with Crippen LogP contribution < -0.4 is 5.32 Å². The second kappa shape index (κ2) is 7.34. The van der Waals surface area contributed by atoms with E-state index in [1.165, 1.54) is 19.3 Å². The molecule has 0 aliphatic carbocycles. The number of anilines is 1. The average molecular weight is 269 g/mol. The van der Waals surface area contributed by atoms with Crippen LogP contribution in [0.3, 0.4) is 0 Å². The van der Waals surface area contributed by atoms with Gasteiger partial charge in [-0.1, -0.05) is 44.4 Å². The highest BCUT2D eigenvalue weighted by Gasteiger charge is 2.13. The lowest BCUT2D eigenvalue weighted by Gasteiger charge is -2.02. The van der Waals surface area contributed by atoms with Crippen LogP contribution in [0.2, 0.25) is 0 Å². The van der Waals surface area contributed by atoms with Crippen molar-refractivity contribution in [2.45, 2.75) is 32.6 Å². The van der Waals surface area contributed by atoms with Crippen LogP contribution in [-0.4, -0.2) is 11.5 Å². The van der Waals surface area contributed by atoms with Crippen LogP contribution in [0, 0.1) is 11.3 Å². The van der Waals surface area contributed by atoms with E-state index in [0.717, 1.165) is 18.5 Å². The highest BCUT2D eigenvalue weighted by molar-refractivity contribution is 5.58. The largest absolute Gasteiger partial charge is 0.419 e. The third kappa shape index (κ3) is 3.61. The first kappa shape index (κ1) is 14.1. The fourth-order valence-electron chi connectivity index (χ4n) is 1.97. The van der Waals surface area contributed by atoms with Crippen molar-refractivity contribution >= 4 is 5.88 Å². The number of benzene rings is 1. The van der Waals surface area contributed by atoms with Crippen molar-refractivity contribution in [3.8, 4) is 17.5 Å². The summed E-state index contributed by atoms with van der Waals surface area (Å²) in [4.78, 5) is 4.22. The molecule has 4 nitrogen and oxygen atoms in total. The number of hydrogen-bond acceptors (Lipinski definition) is 4. The zero-order valence-electron chi connectivity index (χ0n) is 11.7. The van der Waals surface area contributed by atoms with E-state index in [2.05, 4.69) is 23.3 Å². The summed E-state index contributed by atoms with van der Waals surface area (Å²) in [6.07, 6.45) is 4.70. The Morgan fingerprint density at radius 2 is 2.00 bits per heavy atom. The van der Waals surface area contributed by atoms with E-state index in [-0.39, 0.29) is 0 Å². The van der Waals surface area contributed by atoms with Gasteiger partial charge < -0.3 is 9.73 Å².